The van der Waals surface area contributed by atoms with Gasteiger partial charge < -0.3 is 9.47 Å². The van der Waals surface area contributed by atoms with E-state index in [0.29, 0.717) is 24.7 Å². The lowest BCUT2D eigenvalue weighted by molar-refractivity contribution is -0.189. The molecule has 4 rings (SSSR count). The number of hydrogen-bond donors (Lipinski definition) is 0. The number of halogens is 7. The summed E-state index contributed by atoms with van der Waals surface area (Å²) in [6.07, 6.45) is 0.631. The van der Waals surface area contributed by atoms with Crippen LogP contribution in [0.25, 0.3) is 0 Å². The fourth-order valence-electron chi connectivity index (χ4n) is 5.00. The molecule has 0 N–H and O–H groups in total. The molecule has 1 aliphatic carbocycles. The van der Waals surface area contributed by atoms with Crippen molar-refractivity contribution in [1.29, 1.82) is 0 Å². The second-order valence-corrected chi connectivity index (χ2v) is 9.35. The first-order chi connectivity index (χ1) is 16.0. The van der Waals surface area contributed by atoms with Gasteiger partial charge in [0.1, 0.15) is 22.9 Å². The third-order valence-electron chi connectivity index (χ3n) is 6.87. The van der Waals surface area contributed by atoms with Gasteiger partial charge in [0, 0.05) is 20.2 Å². The molecule has 0 radical (unpaired) electrons. The van der Waals surface area contributed by atoms with Crippen molar-refractivity contribution in [2.75, 3.05) is 6.61 Å². The normalized spacial score (nSPS) is 25.9. The molecule has 2 aromatic carbocycles. The average molecular weight is 492 g/mol. The van der Waals surface area contributed by atoms with Gasteiger partial charge in [0.25, 0.3) is 0 Å². The molecular formula is C25H27F7O2. The second-order valence-electron chi connectivity index (χ2n) is 9.35. The van der Waals surface area contributed by atoms with Crippen molar-refractivity contribution in [2.45, 2.75) is 63.6 Å². The molecule has 0 amide bonds. The van der Waals surface area contributed by atoms with E-state index >= 15 is 0 Å². The zero-order valence-corrected chi connectivity index (χ0v) is 18.5. The Kier molecular flexibility index (Phi) is 7.12. The smallest absolute Gasteiger partial charge is 0.429 e. The van der Waals surface area contributed by atoms with Crippen molar-refractivity contribution in [1.82, 2.24) is 0 Å². The highest BCUT2D eigenvalue weighted by atomic mass is 19.3. The number of rotatable bonds is 5. The fraction of sp³-hybridized carbons (Fsp3) is 0.520. The summed E-state index contributed by atoms with van der Waals surface area (Å²) in [7, 11) is 0. The summed E-state index contributed by atoms with van der Waals surface area (Å²) in [4.78, 5) is 0. The standard InChI is InChI=1S/C25H25F7O2.H2/c1-13-2-7-22(33-12-13)15-5-3-14(4-6-15)16-8-18(26)23(19(27)9-16)25(31,32)34-17-10-20(28)24(30)21(29)11-17;/h8-11,13-15,22H,2-7,12H2,1H3;1H. The Bertz CT molecular complexity index is 986. The van der Waals surface area contributed by atoms with Crippen molar-refractivity contribution >= 4 is 0 Å². The molecule has 0 bridgehead atoms. The van der Waals surface area contributed by atoms with E-state index in [1.165, 1.54) is 0 Å². The van der Waals surface area contributed by atoms with Crippen molar-refractivity contribution in [3.05, 3.63) is 64.5 Å². The van der Waals surface area contributed by atoms with Crippen LogP contribution in [0.1, 0.15) is 63.9 Å². The maximum Gasteiger partial charge on any atom is 0.432 e. The molecule has 1 heterocycles. The second kappa shape index (κ2) is 9.76. The van der Waals surface area contributed by atoms with E-state index in [9.17, 15) is 30.7 Å². The van der Waals surface area contributed by atoms with Crippen LogP contribution in [-0.2, 0) is 10.8 Å². The number of ether oxygens (including phenoxy) is 2. The maximum absolute atomic E-state index is 14.7. The summed E-state index contributed by atoms with van der Waals surface area (Å²) in [5.41, 5.74) is -1.41. The summed E-state index contributed by atoms with van der Waals surface area (Å²) < 4.78 is 108. The van der Waals surface area contributed by atoms with E-state index in [4.69, 9.17) is 4.74 Å². The Morgan fingerprint density at radius 1 is 0.824 bits per heavy atom. The summed E-state index contributed by atoms with van der Waals surface area (Å²) in [6, 6.07) is 2.05. The molecule has 2 aliphatic rings. The van der Waals surface area contributed by atoms with Gasteiger partial charge in [-0.15, -0.1) is 0 Å². The molecule has 1 aliphatic heterocycles. The maximum atomic E-state index is 14.7. The third kappa shape index (κ3) is 5.19. The van der Waals surface area contributed by atoms with Crippen LogP contribution in [0.2, 0.25) is 0 Å². The minimum atomic E-state index is -4.59. The van der Waals surface area contributed by atoms with Gasteiger partial charge in [0.05, 0.1) is 6.10 Å². The van der Waals surface area contributed by atoms with Gasteiger partial charge in [-0.1, -0.05) is 6.92 Å². The van der Waals surface area contributed by atoms with Crippen molar-refractivity contribution in [3.63, 3.8) is 0 Å². The average Bonchev–Trinajstić information content (AvgIpc) is 2.77. The molecule has 1 saturated carbocycles. The van der Waals surface area contributed by atoms with Crippen molar-refractivity contribution in [3.8, 4) is 5.75 Å². The van der Waals surface area contributed by atoms with Gasteiger partial charge in [-0.05, 0) is 74.0 Å². The fourth-order valence-corrected chi connectivity index (χ4v) is 5.00. The Morgan fingerprint density at radius 3 is 1.94 bits per heavy atom. The van der Waals surface area contributed by atoms with E-state index in [-0.39, 0.29) is 31.1 Å². The molecule has 0 aromatic heterocycles. The molecule has 2 atom stereocenters. The van der Waals surface area contributed by atoms with Gasteiger partial charge in [-0.25, -0.2) is 22.0 Å². The molecule has 1 saturated heterocycles. The van der Waals surface area contributed by atoms with Crippen LogP contribution in [0.15, 0.2) is 24.3 Å². The van der Waals surface area contributed by atoms with E-state index in [0.717, 1.165) is 44.4 Å². The van der Waals surface area contributed by atoms with E-state index < -0.39 is 46.5 Å². The topological polar surface area (TPSA) is 18.5 Å². The molecule has 0 spiro atoms. The predicted molar refractivity (Wildman–Crippen MR) is 112 cm³/mol. The molecule has 188 valence electrons. The molecule has 9 heteroatoms. The SMILES string of the molecule is CC1CCC(C2CCC(c3cc(F)c(C(F)(F)Oc4cc(F)c(F)c(F)c4)c(F)c3)CC2)OC1.[HH]. The quantitative estimate of drug-likeness (QED) is 0.313. The molecule has 2 nitrogen and oxygen atoms in total. The van der Waals surface area contributed by atoms with Crippen LogP contribution in [0.3, 0.4) is 0 Å². The summed E-state index contributed by atoms with van der Waals surface area (Å²) >= 11 is 0. The zero-order valence-electron chi connectivity index (χ0n) is 18.5. The first kappa shape index (κ1) is 24.8. The van der Waals surface area contributed by atoms with Crippen LogP contribution >= 0.6 is 0 Å². The summed E-state index contributed by atoms with van der Waals surface area (Å²) in [5.74, 6) is -8.88. The van der Waals surface area contributed by atoms with Crippen LogP contribution < -0.4 is 4.74 Å². The first-order valence-corrected chi connectivity index (χ1v) is 11.4. The first-order valence-electron chi connectivity index (χ1n) is 11.4. The minimum Gasteiger partial charge on any atom is -0.429 e. The van der Waals surface area contributed by atoms with Gasteiger partial charge in [0.15, 0.2) is 17.5 Å². The van der Waals surface area contributed by atoms with Crippen molar-refractivity contribution < 1.29 is 41.6 Å². The van der Waals surface area contributed by atoms with Gasteiger partial charge >= 0.3 is 6.11 Å². The number of alkyl halides is 2. The van der Waals surface area contributed by atoms with Crippen LogP contribution in [-0.4, -0.2) is 12.7 Å². The van der Waals surface area contributed by atoms with Gasteiger partial charge in [-0.3, -0.25) is 0 Å². The van der Waals surface area contributed by atoms with Crippen LogP contribution in [0.4, 0.5) is 30.7 Å². The van der Waals surface area contributed by atoms with E-state index in [2.05, 4.69) is 11.7 Å². The summed E-state index contributed by atoms with van der Waals surface area (Å²) in [6.45, 7) is 2.88. The lowest BCUT2D eigenvalue weighted by Gasteiger charge is -2.37. The highest BCUT2D eigenvalue weighted by Crippen LogP contribution is 2.42. The highest BCUT2D eigenvalue weighted by molar-refractivity contribution is 5.33. The third-order valence-corrected chi connectivity index (χ3v) is 6.87. The minimum absolute atomic E-state index is 0. The van der Waals surface area contributed by atoms with Crippen LogP contribution in [0.5, 0.6) is 5.75 Å². The number of hydrogen-bond acceptors (Lipinski definition) is 2. The van der Waals surface area contributed by atoms with Crippen LogP contribution in [0, 0.1) is 40.9 Å². The number of benzene rings is 2. The monoisotopic (exact) mass is 492 g/mol. The lowest BCUT2D eigenvalue weighted by Crippen LogP contribution is -2.33. The highest BCUT2D eigenvalue weighted by Gasteiger charge is 2.42. The molecule has 34 heavy (non-hydrogen) atoms. The van der Waals surface area contributed by atoms with Crippen molar-refractivity contribution in [2.24, 2.45) is 11.8 Å². The predicted octanol–water partition coefficient (Wildman–Crippen LogP) is 7.85. The lowest BCUT2D eigenvalue weighted by atomic mass is 9.75. The molecule has 2 aromatic rings. The molecule has 2 unspecified atom stereocenters. The summed E-state index contributed by atoms with van der Waals surface area (Å²) in [5, 5.41) is 0. The Balaban J connectivity index is 0.00000342. The largest absolute Gasteiger partial charge is 0.432 e. The van der Waals surface area contributed by atoms with E-state index in [1.807, 2.05) is 0 Å². The van der Waals surface area contributed by atoms with Gasteiger partial charge in [0.2, 0.25) is 0 Å². The van der Waals surface area contributed by atoms with E-state index in [1.54, 1.807) is 0 Å². The Labute approximate surface area is 194 Å². The molecule has 2 fully saturated rings. The molecular weight excluding hydrogens is 465 g/mol. The van der Waals surface area contributed by atoms with Gasteiger partial charge in [-0.2, -0.15) is 8.78 Å². The Hall–Kier alpha value is -2.29. The zero-order chi connectivity index (χ0) is 24.6. The Morgan fingerprint density at radius 2 is 1.41 bits per heavy atom.